The number of carboxylic acids is 1. The van der Waals surface area contributed by atoms with Crippen LogP contribution in [0.5, 0.6) is 5.75 Å². The number of aliphatic carboxylic acids is 1. The minimum Gasteiger partial charge on any atom is -0.497 e. The second kappa shape index (κ2) is 5.92. The van der Waals surface area contributed by atoms with E-state index in [2.05, 4.69) is 9.97 Å². The molecule has 1 N–H and O–H groups in total. The number of carboxylic acid groups (broad SMARTS) is 1. The highest BCUT2D eigenvalue weighted by atomic mass is 16.5. The van der Waals surface area contributed by atoms with Crippen LogP contribution in [0.2, 0.25) is 0 Å². The van der Waals surface area contributed by atoms with Crippen molar-refractivity contribution in [2.24, 2.45) is 0 Å². The van der Waals surface area contributed by atoms with E-state index in [1.807, 2.05) is 0 Å². The van der Waals surface area contributed by atoms with Crippen LogP contribution >= 0.6 is 0 Å². The third kappa shape index (κ3) is 2.80. The highest BCUT2D eigenvalue weighted by Crippen LogP contribution is 2.23. The minimum atomic E-state index is -1.31. The molecule has 0 fully saturated rings. The van der Waals surface area contributed by atoms with Gasteiger partial charge in [-0.25, -0.2) is 4.98 Å². The van der Waals surface area contributed by atoms with E-state index in [0.29, 0.717) is 11.3 Å². The number of benzene rings is 1. The van der Waals surface area contributed by atoms with Crippen LogP contribution in [0.4, 0.5) is 0 Å². The van der Waals surface area contributed by atoms with Crippen molar-refractivity contribution in [2.75, 3.05) is 7.11 Å². The summed E-state index contributed by atoms with van der Waals surface area (Å²) >= 11 is 0. The van der Waals surface area contributed by atoms with Gasteiger partial charge in [-0.1, -0.05) is 12.1 Å². The topological polar surface area (TPSA) is 89.4 Å². The largest absolute Gasteiger partial charge is 0.497 e. The summed E-state index contributed by atoms with van der Waals surface area (Å²) < 4.78 is 5.00. The van der Waals surface area contributed by atoms with E-state index in [1.54, 1.807) is 24.3 Å². The van der Waals surface area contributed by atoms with Crippen molar-refractivity contribution in [1.29, 1.82) is 0 Å². The summed E-state index contributed by atoms with van der Waals surface area (Å²) in [5.74, 6) is -2.55. The molecule has 1 aromatic carbocycles. The smallest absolute Gasteiger partial charge is 0.319 e. The lowest BCUT2D eigenvalue weighted by molar-refractivity contribution is -0.137. The van der Waals surface area contributed by atoms with Gasteiger partial charge in [-0.3, -0.25) is 14.6 Å². The van der Waals surface area contributed by atoms with Crippen LogP contribution in [0.25, 0.3) is 0 Å². The van der Waals surface area contributed by atoms with Crippen LogP contribution in [-0.2, 0) is 4.79 Å². The molecule has 20 heavy (non-hydrogen) atoms. The lowest BCUT2D eigenvalue weighted by Crippen LogP contribution is -2.22. The Morgan fingerprint density at radius 3 is 2.40 bits per heavy atom. The number of rotatable bonds is 5. The molecule has 0 amide bonds. The minimum absolute atomic E-state index is 0.0238. The number of methoxy groups -OCH3 is 1. The molecule has 2 rings (SSSR count). The summed E-state index contributed by atoms with van der Waals surface area (Å²) in [6.07, 6.45) is 4.02. The zero-order valence-corrected chi connectivity index (χ0v) is 10.7. The van der Waals surface area contributed by atoms with E-state index in [1.165, 1.54) is 25.7 Å². The number of ether oxygens (including phenoxy) is 1. The van der Waals surface area contributed by atoms with Gasteiger partial charge in [0.1, 0.15) is 17.4 Å². The SMILES string of the molecule is COc1ccc(C(C(=O)O)C(=O)c2cnccn2)cc1. The predicted octanol–water partition coefficient (Wildman–Crippen LogP) is 1.54. The molecule has 0 aliphatic rings. The average Bonchev–Trinajstić information content (AvgIpc) is 2.48. The molecular weight excluding hydrogens is 260 g/mol. The summed E-state index contributed by atoms with van der Waals surface area (Å²) in [4.78, 5) is 31.2. The number of carbonyl (C=O) groups is 2. The molecule has 0 radical (unpaired) electrons. The van der Waals surface area contributed by atoms with Gasteiger partial charge in [0.2, 0.25) is 5.78 Å². The van der Waals surface area contributed by atoms with Gasteiger partial charge in [0.25, 0.3) is 0 Å². The Labute approximate surface area is 115 Å². The summed E-state index contributed by atoms with van der Waals surface area (Å²) in [5.41, 5.74) is 0.393. The maximum atomic E-state index is 12.2. The Morgan fingerprint density at radius 2 is 1.90 bits per heavy atom. The van der Waals surface area contributed by atoms with Crippen LogP contribution in [0.1, 0.15) is 22.0 Å². The first kappa shape index (κ1) is 13.7. The summed E-state index contributed by atoms with van der Waals surface area (Å²) in [6, 6.07) is 6.31. The van der Waals surface area contributed by atoms with Crippen LogP contribution < -0.4 is 4.74 Å². The van der Waals surface area contributed by atoms with Crippen LogP contribution in [-0.4, -0.2) is 33.9 Å². The molecule has 2 aromatic rings. The Bertz CT molecular complexity index is 611. The van der Waals surface area contributed by atoms with Gasteiger partial charge >= 0.3 is 5.97 Å². The number of Topliss-reactive ketones (excluding diaryl/α,β-unsaturated/α-hetero) is 1. The van der Waals surface area contributed by atoms with Crippen molar-refractivity contribution in [1.82, 2.24) is 9.97 Å². The lowest BCUT2D eigenvalue weighted by atomic mass is 9.93. The predicted molar refractivity (Wildman–Crippen MR) is 69.7 cm³/mol. The Hall–Kier alpha value is -2.76. The number of ketones is 1. The molecular formula is C14H12N2O4. The summed E-state index contributed by atoms with van der Waals surface area (Å²) in [5, 5.41) is 9.28. The first-order valence-corrected chi connectivity index (χ1v) is 5.80. The fourth-order valence-corrected chi connectivity index (χ4v) is 1.78. The Kier molecular flexibility index (Phi) is 4.05. The van der Waals surface area contributed by atoms with Crippen molar-refractivity contribution in [3.8, 4) is 5.75 Å². The van der Waals surface area contributed by atoms with Crippen molar-refractivity contribution in [2.45, 2.75) is 5.92 Å². The molecule has 0 saturated carbocycles. The van der Waals surface area contributed by atoms with Crippen LogP contribution in [0, 0.1) is 0 Å². The Morgan fingerprint density at radius 1 is 1.20 bits per heavy atom. The van der Waals surface area contributed by atoms with E-state index in [0.717, 1.165) is 0 Å². The number of hydrogen-bond donors (Lipinski definition) is 1. The van der Waals surface area contributed by atoms with Crippen LogP contribution in [0.3, 0.4) is 0 Å². The van der Waals surface area contributed by atoms with Gasteiger partial charge in [-0.15, -0.1) is 0 Å². The van der Waals surface area contributed by atoms with E-state index < -0.39 is 17.7 Å². The number of nitrogens with zero attached hydrogens (tertiary/aromatic N) is 2. The second-order valence-corrected chi connectivity index (χ2v) is 4.00. The van der Waals surface area contributed by atoms with Crippen molar-refractivity contribution < 1.29 is 19.4 Å². The van der Waals surface area contributed by atoms with Crippen LogP contribution in [0.15, 0.2) is 42.9 Å². The zero-order valence-electron chi connectivity index (χ0n) is 10.7. The molecule has 102 valence electrons. The van der Waals surface area contributed by atoms with Gasteiger partial charge < -0.3 is 9.84 Å². The normalized spacial score (nSPS) is 11.7. The fraction of sp³-hybridized carbons (Fsp3) is 0.143. The van der Waals surface area contributed by atoms with E-state index in [-0.39, 0.29) is 5.69 Å². The molecule has 0 aliphatic carbocycles. The molecule has 0 aliphatic heterocycles. The highest BCUT2D eigenvalue weighted by molar-refractivity contribution is 6.11. The molecule has 6 nitrogen and oxygen atoms in total. The molecule has 1 unspecified atom stereocenters. The molecule has 0 saturated heterocycles. The molecule has 6 heteroatoms. The van der Waals surface area contributed by atoms with E-state index in [9.17, 15) is 14.7 Å². The van der Waals surface area contributed by atoms with Crippen molar-refractivity contribution >= 4 is 11.8 Å². The molecule has 0 spiro atoms. The number of carbonyl (C=O) groups excluding carboxylic acids is 1. The third-order valence-corrected chi connectivity index (χ3v) is 2.77. The van der Waals surface area contributed by atoms with Crippen molar-refractivity contribution in [3.63, 3.8) is 0 Å². The van der Waals surface area contributed by atoms with Gasteiger partial charge in [0.15, 0.2) is 0 Å². The lowest BCUT2D eigenvalue weighted by Gasteiger charge is -2.11. The van der Waals surface area contributed by atoms with Gasteiger partial charge in [0.05, 0.1) is 13.3 Å². The first-order valence-electron chi connectivity index (χ1n) is 5.80. The summed E-state index contributed by atoms with van der Waals surface area (Å²) in [6.45, 7) is 0. The molecule has 1 heterocycles. The zero-order chi connectivity index (χ0) is 14.5. The quantitative estimate of drug-likeness (QED) is 0.656. The molecule has 1 aromatic heterocycles. The second-order valence-electron chi connectivity index (χ2n) is 4.00. The standard InChI is InChI=1S/C14H12N2O4/c1-20-10-4-2-9(3-5-10)12(14(18)19)13(17)11-8-15-6-7-16-11/h2-8,12H,1H3,(H,18,19). The van der Waals surface area contributed by atoms with Gasteiger partial charge in [-0.05, 0) is 17.7 Å². The fourth-order valence-electron chi connectivity index (χ4n) is 1.78. The molecule has 1 atom stereocenters. The van der Waals surface area contributed by atoms with E-state index in [4.69, 9.17) is 4.74 Å². The highest BCUT2D eigenvalue weighted by Gasteiger charge is 2.30. The average molecular weight is 272 g/mol. The Balaban J connectivity index is 2.36. The van der Waals surface area contributed by atoms with Gasteiger partial charge in [-0.2, -0.15) is 0 Å². The number of aromatic nitrogens is 2. The van der Waals surface area contributed by atoms with E-state index >= 15 is 0 Å². The third-order valence-electron chi connectivity index (χ3n) is 2.77. The number of hydrogen-bond acceptors (Lipinski definition) is 5. The maximum absolute atomic E-state index is 12.2. The molecule has 0 bridgehead atoms. The maximum Gasteiger partial charge on any atom is 0.319 e. The van der Waals surface area contributed by atoms with Gasteiger partial charge in [0, 0.05) is 12.4 Å². The van der Waals surface area contributed by atoms with Crippen molar-refractivity contribution in [3.05, 3.63) is 54.1 Å². The monoisotopic (exact) mass is 272 g/mol. The summed E-state index contributed by atoms with van der Waals surface area (Å²) in [7, 11) is 1.51. The first-order chi connectivity index (χ1) is 9.63.